The zero-order valence-electron chi connectivity index (χ0n) is 14.3. The summed E-state index contributed by atoms with van der Waals surface area (Å²) in [6, 6.07) is 13.4. The summed E-state index contributed by atoms with van der Waals surface area (Å²) in [5.74, 6) is 0.0561. The van der Waals surface area contributed by atoms with Crippen molar-refractivity contribution in [1.29, 1.82) is 0 Å². The maximum absolute atomic E-state index is 12.3. The summed E-state index contributed by atoms with van der Waals surface area (Å²) >= 11 is 5.79. The van der Waals surface area contributed by atoms with Gasteiger partial charge in [0.25, 0.3) is 11.1 Å². The lowest BCUT2D eigenvalue weighted by Gasteiger charge is -2.09. The summed E-state index contributed by atoms with van der Waals surface area (Å²) in [5.41, 5.74) is -0.886. The van der Waals surface area contributed by atoms with Gasteiger partial charge < -0.3 is 9.47 Å². The lowest BCUT2D eigenvalue weighted by atomic mass is 10.2. The Labute approximate surface area is 159 Å². The summed E-state index contributed by atoms with van der Waals surface area (Å²) in [5, 5.41) is 3.55. The van der Waals surface area contributed by atoms with Gasteiger partial charge in [-0.3, -0.25) is 19.5 Å². The second kappa shape index (κ2) is 8.55. The monoisotopic (exact) mass is 388 g/mol. The molecule has 0 aliphatic carbocycles. The lowest BCUT2D eigenvalue weighted by molar-refractivity contribution is -0.144. The molecule has 0 spiro atoms. The number of hydrogen-bond donors (Lipinski definition) is 1. The molecule has 0 aliphatic heterocycles. The molecule has 0 saturated carbocycles. The van der Waals surface area contributed by atoms with E-state index in [0.29, 0.717) is 23.8 Å². The number of esters is 1. The average molecular weight is 389 g/mol. The molecule has 3 aromatic rings. The molecule has 0 amide bonds. The number of H-pyrrole nitrogens is 1. The number of nitrogens with one attached hydrogen (secondary N) is 1. The third kappa shape index (κ3) is 4.77. The number of carbonyl (C=O) groups excluding carboxylic acids is 1. The number of benzene rings is 2. The Morgan fingerprint density at radius 1 is 1.00 bits per heavy atom. The summed E-state index contributed by atoms with van der Waals surface area (Å²) in [7, 11) is 0. The van der Waals surface area contributed by atoms with Crippen LogP contribution in [0.2, 0.25) is 5.02 Å². The fourth-order valence-corrected chi connectivity index (χ4v) is 2.62. The van der Waals surface area contributed by atoms with E-state index in [4.69, 9.17) is 21.1 Å². The van der Waals surface area contributed by atoms with Crippen LogP contribution < -0.4 is 15.9 Å². The fourth-order valence-electron chi connectivity index (χ4n) is 2.50. The molecule has 0 unspecified atom stereocenters. The Morgan fingerprint density at radius 2 is 1.70 bits per heavy atom. The van der Waals surface area contributed by atoms with Crippen LogP contribution in [0.4, 0.5) is 0 Å². The van der Waals surface area contributed by atoms with Gasteiger partial charge in [0.2, 0.25) is 0 Å². The van der Waals surface area contributed by atoms with E-state index in [1.807, 2.05) is 0 Å². The first kappa shape index (κ1) is 18.7. The van der Waals surface area contributed by atoms with E-state index in [0.717, 1.165) is 4.68 Å². The van der Waals surface area contributed by atoms with Gasteiger partial charge in [0.05, 0.1) is 24.0 Å². The topological polar surface area (TPSA) is 90.4 Å². The number of ether oxygens (including phenoxy) is 2. The number of aromatic nitrogens is 2. The normalized spacial score (nSPS) is 10.7. The van der Waals surface area contributed by atoms with Gasteiger partial charge in [0, 0.05) is 11.4 Å². The Hall–Kier alpha value is -3.06. The van der Waals surface area contributed by atoms with Crippen molar-refractivity contribution in [2.24, 2.45) is 0 Å². The lowest BCUT2D eigenvalue weighted by Crippen LogP contribution is -2.33. The average Bonchev–Trinajstić information content (AvgIpc) is 2.67. The van der Waals surface area contributed by atoms with Crippen LogP contribution >= 0.6 is 11.6 Å². The van der Waals surface area contributed by atoms with Gasteiger partial charge >= 0.3 is 5.97 Å². The first-order valence-corrected chi connectivity index (χ1v) is 8.68. The van der Waals surface area contributed by atoms with Gasteiger partial charge in [-0.05, 0) is 36.4 Å². The quantitative estimate of drug-likeness (QED) is 0.495. The highest BCUT2D eigenvalue weighted by Crippen LogP contribution is 2.15. The molecule has 8 heteroatoms. The second-order valence-electron chi connectivity index (χ2n) is 5.75. The van der Waals surface area contributed by atoms with Crippen LogP contribution in [-0.2, 0) is 16.1 Å². The second-order valence-corrected chi connectivity index (χ2v) is 6.19. The summed E-state index contributed by atoms with van der Waals surface area (Å²) in [6.45, 7) is 0.137. The van der Waals surface area contributed by atoms with Crippen molar-refractivity contribution in [3.63, 3.8) is 0 Å². The Kier molecular flexibility index (Phi) is 5.93. The number of halogens is 1. The van der Waals surface area contributed by atoms with Crippen LogP contribution in [0.25, 0.3) is 10.8 Å². The minimum absolute atomic E-state index is 0.138. The van der Waals surface area contributed by atoms with E-state index in [1.165, 1.54) is 0 Å². The summed E-state index contributed by atoms with van der Waals surface area (Å²) in [4.78, 5) is 36.2. The molecule has 0 saturated heterocycles. The van der Waals surface area contributed by atoms with E-state index in [2.05, 4.69) is 5.10 Å². The minimum Gasteiger partial charge on any atom is -0.493 e. The van der Waals surface area contributed by atoms with Crippen molar-refractivity contribution in [2.75, 3.05) is 13.2 Å². The molecule has 1 N–H and O–H groups in total. The number of fused-ring (bicyclic) bond motifs is 1. The maximum Gasteiger partial charge on any atom is 0.327 e. The summed E-state index contributed by atoms with van der Waals surface area (Å²) < 4.78 is 11.5. The first-order chi connectivity index (χ1) is 13.0. The fraction of sp³-hybridized carbons (Fsp3) is 0.211. The van der Waals surface area contributed by atoms with Gasteiger partial charge in [-0.25, -0.2) is 4.68 Å². The molecule has 140 valence electrons. The van der Waals surface area contributed by atoms with Crippen LogP contribution in [0.3, 0.4) is 0 Å². The smallest absolute Gasteiger partial charge is 0.327 e. The molecular weight excluding hydrogens is 372 g/mol. The SMILES string of the molecule is O=C(Cn1[nH]c(=O)c2ccccc2c1=O)OCCCOc1ccc(Cl)cc1. The van der Waals surface area contributed by atoms with Crippen molar-refractivity contribution in [3.05, 3.63) is 74.3 Å². The highest BCUT2D eigenvalue weighted by atomic mass is 35.5. The molecular formula is C19H17ClN2O5. The standard InChI is InChI=1S/C19H17ClN2O5/c20-13-6-8-14(9-7-13)26-10-3-11-27-17(23)12-22-19(25)16-5-2-1-4-15(16)18(24)21-22/h1-2,4-9H,3,10-12H2,(H,21,24). The van der Waals surface area contributed by atoms with Crippen LogP contribution in [0.1, 0.15) is 6.42 Å². The van der Waals surface area contributed by atoms with Crippen LogP contribution in [-0.4, -0.2) is 29.0 Å². The largest absolute Gasteiger partial charge is 0.493 e. The molecule has 3 rings (SSSR count). The van der Waals surface area contributed by atoms with Crippen molar-refractivity contribution >= 4 is 28.3 Å². The predicted octanol–water partition coefficient (Wildman–Crippen LogP) is 2.36. The van der Waals surface area contributed by atoms with E-state index in [-0.39, 0.29) is 23.9 Å². The van der Waals surface area contributed by atoms with Crippen molar-refractivity contribution in [1.82, 2.24) is 9.78 Å². The van der Waals surface area contributed by atoms with Crippen LogP contribution in [0.5, 0.6) is 5.75 Å². The Balaban J connectivity index is 1.50. The van der Waals surface area contributed by atoms with Gasteiger partial charge in [-0.15, -0.1) is 0 Å². The van der Waals surface area contributed by atoms with Gasteiger partial charge in [0.15, 0.2) is 0 Å². The molecule has 0 atom stereocenters. The van der Waals surface area contributed by atoms with E-state index in [9.17, 15) is 14.4 Å². The molecule has 2 aromatic carbocycles. The number of carbonyl (C=O) groups is 1. The highest BCUT2D eigenvalue weighted by Gasteiger charge is 2.10. The number of nitrogens with zero attached hydrogens (tertiary/aromatic N) is 1. The molecule has 0 bridgehead atoms. The van der Waals surface area contributed by atoms with Crippen molar-refractivity contribution in [2.45, 2.75) is 13.0 Å². The van der Waals surface area contributed by atoms with E-state index in [1.54, 1.807) is 48.5 Å². The summed E-state index contributed by atoms with van der Waals surface area (Å²) in [6.07, 6.45) is 0.484. The molecule has 7 nitrogen and oxygen atoms in total. The molecule has 1 heterocycles. The van der Waals surface area contributed by atoms with E-state index >= 15 is 0 Å². The predicted molar refractivity (Wildman–Crippen MR) is 101 cm³/mol. The zero-order valence-corrected chi connectivity index (χ0v) is 15.1. The van der Waals surface area contributed by atoms with Crippen molar-refractivity contribution < 1.29 is 14.3 Å². The molecule has 0 radical (unpaired) electrons. The van der Waals surface area contributed by atoms with Gasteiger partial charge in [-0.2, -0.15) is 0 Å². The van der Waals surface area contributed by atoms with Crippen LogP contribution in [0, 0.1) is 0 Å². The third-order valence-corrected chi connectivity index (χ3v) is 4.06. The minimum atomic E-state index is -0.616. The maximum atomic E-state index is 12.3. The van der Waals surface area contributed by atoms with Gasteiger partial charge in [0.1, 0.15) is 12.3 Å². The van der Waals surface area contributed by atoms with Crippen LogP contribution in [0.15, 0.2) is 58.1 Å². The van der Waals surface area contributed by atoms with Crippen molar-refractivity contribution in [3.8, 4) is 5.75 Å². The molecule has 27 heavy (non-hydrogen) atoms. The number of aromatic amines is 1. The van der Waals surface area contributed by atoms with E-state index < -0.39 is 17.1 Å². The molecule has 0 aliphatic rings. The zero-order chi connectivity index (χ0) is 19.2. The number of rotatable bonds is 7. The highest BCUT2D eigenvalue weighted by molar-refractivity contribution is 6.30. The Bertz CT molecular complexity index is 1060. The number of hydrogen-bond acceptors (Lipinski definition) is 5. The third-order valence-electron chi connectivity index (χ3n) is 3.81. The molecule has 1 aromatic heterocycles. The Morgan fingerprint density at radius 3 is 2.44 bits per heavy atom. The van der Waals surface area contributed by atoms with Gasteiger partial charge in [-0.1, -0.05) is 23.7 Å². The first-order valence-electron chi connectivity index (χ1n) is 8.30. The molecule has 0 fully saturated rings.